The molecule has 8 heteroatoms. The molecule has 0 saturated heterocycles. The molecule has 0 bridgehead atoms. The molecule has 3 N–H and O–H groups in total. The number of imidazole rings is 1. The first-order valence-corrected chi connectivity index (χ1v) is 8.70. The summed E-state index contributed by atoms with van der Waals surface area (Å²) in [5, 5.41) is 0. The van der Waals surface area contributed by atoms with Gasteiger partial charge in [-0.3, -0.25) is 9.78 Å². The molecule has 2 aromatic carbocycles. The molecule has 0 aliphatic rings. The van der Waals surface area contributed by atoms with Crippen LogP contribution in [0.3, 0.4) is 0 Å². The summed E-state index contributed by atoms with van der Waals surface area (Å²) in [4.78, 5) is 22.9. The lowest BCUT2D eigenvalue weighted by Gasteiger charge is -2.07. The van der Waals surface area contributed by atoms with Crippen molar-refractivity contribution in [3.8, 4) is 11.1 Å². The maximum Gasteiger partial charge on any atom is 0.416 e. The molecule has 0 aliphatic carbocycles. The van der Waals surface area contributed by atoms with Gasteiger partial charge in [0, 0.05) is 29.9 Å². The summed E-state index contributed by atoms with van der Waals surface area (Å²) in [6.07, 6.45) is -0.901. The maximum atomic E-state index is 12.9. The van der Waals surface area contributed by atoms with Gasteiger partial charge in [0.25, 0.3) is 0 Å². The van der Waals surface area contributed by atoms with Crippen LogP contribution in [0.4, 0.5) is 13.2 Å². The van der Waals surface area contributed by atoms with E-state index in [1.165, 1.54) is 12.3 Å². The SMILES string of the molecule is NC(=O)c1ccncc1-c1ccc(Cc2nc3cc(C(F)(F)F)ccc3[nH]2)cc1. The van der Waals surface area contributed by atoms with Crippen LogP contribution >= 0.6 is 0 Å². The van der Waals surface area contributed by atoms with Crippen LogP contribution in [-0.4, -0.2) is 20.9 Å². The Labute approximate surface area is 163 Å². The van der Waals surface area contributed by atoms with Crippen LogP contribution in [0.15, 0.2) is 60.9 Å². The minimum atomic E-state index is -4.40. The van der Waals surface area contributed by atoms with Gasteiger partial charge in [-0.1, -0.05) is 24.3 Å². The number of nitrogens with one attached hydrogen (secondary N) is 1. The summed E-state index contributed by atoms with van der Waals surface area (Å²) in [6, 6.07) is 12.4. The summed E-state index contributed by atoms with van der Waals surface area (Å²) in [6.45, 7) is 0. The van der Waals surface area contributed by atoms with Crippen molar-refractivity contribution in [1.82, 2.24) is 15.0 Å². The summed E-state index contributed by atoms with van der Waals surface area (Å²) < 4.78 is 38.6. The first-order chi connectivity index (χ1) is 13.8. The lowest BCUT2D eigenvalue weighted by molar-refractivity contribution is -0.137. The molecule has 1 amide bonds. The van der Waals surface area contributed by atoms with E-state index in [1.807, 2.05) is 24.3 Å². The lowest BCUT2D eigenvalue weighted by Crippen LogP contribution is -2.12. The van der Waals surface area contributed by atoms with Gasteiger partial charge in [-0.25, -0.2) is 4.98 Å². The number of hydrogen-bond acceptors (Lipinski definition) is 3. The fraction of sp³-hybridized carbons (Fsp3) is 0.0952. The van der Waals surface area contributed by atoms with Crippen molar-refractivity contribution in [2.24, 2.45) is 5.73 Å². The van der Waals surface area contributed by atoms with E-state index in [0.29, 0.717) is 28.9 Å². The molecule has 2 heterocycles. The first-order valence-electron chi connectivity index (χ1n) is 8.70. The Morgan fingerprint density at radius 3 is 2.52 bits per heavy atom. The van der Waals surface area contributed by atoms with Crippen molar-refractivity contribution < 1.29 is 18.0 Å². The van der Waals surface area contributed by atoms with Gasteiger partial charge in [0.05, 0.1) is 16.6 Å². The third-order valence-corrected chi connectivity index (χ3v) is 4.58. The minimum absolute atomic E-state index is 0.271. The highest BCUT2D eigenvalue weighted by Gasteiger charge is 2.30. The predicted molar refractivity (Wildman–Crippen MR) is 102 cm³/mol. The normalized spacial score (nSPS) is 11.7. The maximum absolute atomic E-state index is 12.9. The first kappa shape index (κ1) is 18.7. The van der Waals surface area contributed by atoms with Crippen LogP contribution in [0.5, 0.6) is 0 Å². The summed E-state index contributed by atoms with van der Waals surface area (Å²) in [7, 11) is 0. The Morgan fingerprint density at radius 2 is 1.83 bits per heavy atom. The third-order valence-electron chi connectivity index (χ3n) is 4.58. The second-order valence-electron chi connectivity index (χ2n) is 6.57. The van der Waals surface area contributed by atoms with Crippen molar-refractivity contribution in [3.63, 3.8) is 0 Å². The van der Waals surface area contributed by atoms with Crippen LogP contribution in [0.2, 0.25) is 0 Å². The zero-order valence-electron chi connectivity index (χ0n) is 15.0. The number of carbonyl (C=O) groups is 1. The Kier molecular flexibility index (Phi) is 4.54. The number of amides is 1. The van der Waals surface area contributed by atoms with Gasteiger partial charge < -0.3 is 10.7 Å². The molecule has 0 aliphatic heterocycles. The number of rotatable bonds is 4. The lowest BCUT2D eigenvalue weighted by atomic mass is 10.00. The standard InChI is InChI=1S/C21H15F3N4O/c22-21(23,24)14-5-6-17-18(10-14)28-19(27-17)9-12-1-3-13(4-2-12)16-11-26-8-7-15(16)20(25)29/h1-8,10-11H,9H2,(H2,25,29)(H,27,28). The van der Waals surface area contributed by atoms with Gasteiger partial charge >= 0.3 is 6.18 Å². The number of aromatic amines is 1. The number of H-pyrrole nitrogens is 1. The second kappa shape index (κ2) is 7.05. The Morgan fingerprint density at radius 1 is 1.07 bits per heavy atom. The molecule has 4 rings (SSSR count). The van der Waals surface area contributed by atoms with E-state index in [2.05, 4.69) is 15.0 Å². The predicted octanol–water partition coefficient (Wildman–Crippen LogP) is 4.33. The van der Waals surface area contributed by atoms with E-state index >= 15 is 0 Å². The van der Waals surface area contributed by atoms with Gasteiger partial charge in [0.15, 0.2) is 0 Å². The van der Waals surface area contributed by atoms with E-state index in [-0.39, 0.29) is 5.52 Å². The van der Waals surface area contributed by atoms with Gasteiger partial charge in [-0.2, -0.15) is 13.2 Å². The molecular weight excluding hydrogens is 381 g/mol. The molecule has 0 radical (unpaired) electrons. The second-order valence-corrected chi connectivity index (χ2v) is 6.57. The zero-order chi connectivity index (χ0) is 20.6. The fourth-order valence-corrected chi connectivity index (χ4v) is 3.15. The molecule has 0 saturated carbocycles. The average molecular weight is 396 g/mol. The van der Waals surface area contributed by atoms with E-state index < -0.39 is 17.6 Å². The Hall–Kier alpha value is -3.68. The number of nitrogens with two attached hydrogens (primary N) is 1. The molecule has 2 aromatic heterocycles. The highest BCUT2D eigenvalue weighted by atomic mass is 19.4. The van der Waals surface area contributed by atoms with E-state index in [9.17, 15) is 18.0 Å². The van der Waals surface area contributed by atoms with Gasteiger partial charge in [-0.05, 0) is 35.4 Å². The topological polar surface area (TPSA) is 84.7 Å². The molecule has 5 nitrogen and oxygen atoms in total. The largest absolute Gasteiger partial charge is 0.416 e. The molecule has 4 aromatic rings. The van der Waals surface area contributed by atoms with E-state index in [0.717, 1.165) is 23.3 Å². The van der Waals surface area contributed by atoms with Crippen LogP contribution in [0.1, 0.15) is 27.3 Å². The number of hydrogen-bond donors (Lipinski definition) is 2. The number of fused-ring (bicyclic) bond motifs is 1. The number of primary amides is 1. The summed E-state index contributed by atoms with van der Waals surface area (Å²) >= 11 is 0. The number of nitrogens with zero attached hydrogens (tertiary/aromatic N) is 2. The molecule has 146 valence electrons. The highest BCUT2D eigenvalue weighted by Crippen LogP contribution is 2.31. The highest BCUT2D eigenvalue weighted by molar-refractivity contribution is 5.99. The minimum Gasteiger partial charge on any atom is -0.366 e. The van der Waals surface area contributed by atoms with Crippen LogP contribution in [0, 0.1) is 0 Å². The van der Waals surface area contributed by atoms with Crippen molar-refractivity contribution in [3.05, 3.63) is 83.4 Å². The van der Waals surface area contributed by atoms with Crippen molar-refractivity contribution in [1.29, 1.82) is 0 Å². The van der Waals surface area contributed by atoms with E-state index in [1.54, 1.807) is 12.3 Å². The van der Waals surface area contributed by atoms with Crippen LogP contribution in [-0.2, 0) is 12.6 Å². The van der Waals surface area contributed by atoms with Gasteiger partial charge in [0.2, 0.25) is 5.91 Å². The molecule has 0 spiro atoms. The number of pyridine rings is 1. The number of aromatic nitrogens is 3. The monoisotopic (exact) mass is 396 g/mol. The number of benzene rings is 2. The average Bonchev–Trinajstić information content (AvgIpc) is 3.09. The quantitative estimate of drug-likeness (QED) is 0.538. The van der Waals surface area contributed by atoms with Gasteiger partial charge in [0.1, 0.15) is 5.82 Å². The zero-order valence-corrected chi connectivity index (χ0v) is 15.0. The number of carbonyl (C=O) groups excluding carboxylic acids is 1. The molecule has 0 fully saturated rings. The van der Waals surface area contributed by atoms with Crippen molar-refractivity contribution >= 4 is 16.9 Å². The Balaban J connectivity index is 1.59. The molecule has 0 atom stereocenters. The van der Waals surface area contributed by atoms with Crippen molar-refractivity contribution in [2.45, 2.75) is 12.6 Å². The smallest absolute Gasteiger partial charge is 0.366 e. The summed E-state index contributed by atoms with van der Waals surface area (Å²) in [5.74, 6) is 0.0262. The fourth-order valence-electron chi connectivity index (χ4n) is 3.15. The summed E-state index contributed by atoms with van der Waals surface area (Å²) in [5.41, 5.74) is 8.21. The van der Waals surface area contributed by atoms with Crippen LogP contribution in [0.25, 0.3) is 22.2 Å². The van der Waals surface area contributed by atoms with E-state index in [4.69, 9.17) is 5.73 Å². The molecular formula is C21H15F3N4O. The molecule has 0 unspecified atom stereocenters. The Bertz CT molecular complexity index is 1200. The number of alkyl halides is 3. The van der Waals surface area contributed by atoms with Crippen LogP contribution < -0.4 is 5.73 Å². The number of halogens is 3. The van der Waals surface area contributed by atoms with Crippen molar-refractivity contribution in [2.75, 3.05) is 0 Å². The molecule has 29 heavy (non-hydrogen) atoms. The van der Waals surface area contributed by atoms with Gasteiger partial charge in [-0.15, -0.1) is 0 Å². The third kappa shape index (κ3) is 3.82.